The van der Waals surface area contributed by atoms with Crippen molar-refractivity contribution in [2.75, 3.05) is 20.6 Å². The van der Waals surface area contributed by atoms with E-state index in [-0.39, 0.29) is 24.3 Å². The van der Waals surface area contributed by atoms with E-state index in [1.165, 1.54) is 0 Å². The van der Waals surface area contributed by atoms with Crippen molar-refractivity contribution >= 4 is 6.03 Å². The summed E-state index contributed by atoms with van der Waals surface area (Å²) in [6.07, 6.45) is 2.53. The summed E-state index contributed by atoms with van der Waals surface area (Å²) in [7, 11) is 3.56. The van der Waals surface area contributed by atoms with Crippen LogP contribution in [0.25, 0.3) is 0 Å². The predicted octanol–water partition coefficient (Wildman–Crippen LogP) is 1.35. The lowest BCUT2D eigenvalue weighted by molar-refractivity contribution is -0.0788. The third-order valence-electron chi connectivity index (χ3n) is 3.99. The highest BCUT2D eigenvalue weighted by Crippen LogP contribution is 2.37. The molecule has 7 heteroatoms. The molecular formula is C13H20N4O3. The summed E-state index contributed by atoms with van der Waals surface area (Å²) in [4.78, 5) is 19.9. The lowest BCUT2D eigenvalue weighted by Crippen LogP contribution is -2.47. The molecule has 2 aliphatic rings. The third-order valence-corrected chi connectivity index (χ3v) is 3.99. The second-order valence-electron chi connectivity index (χ2n) is 5.65. The molecule has 20 heavy (non-hydrogen) atoms. The Morgan fingerprint density at radius 2 is 2.15 bits per heavy atom. The first-order valence-corrected chi connectivity index (χ1v) is 7.00. The van der Waals surface area contributed by atoms with Crippen molar-refractivity contribution < 1.29 is 14.1 Å². The minimum Gasteiger partial charge on any atom is -0.363 e. The number of hydrogen-bond acceptors (Lipinski definition) is 5. The van der Waals surface area contributed by atoms with Gasteiger partial charge in [0.25, 0.3) is 5.89 Å². The maximum atomic E-state index is 12.1. The average Bonchev–Trinajstić information content (AvgIpc) is 3.03. The highest BCUT2D eigenvalue weighted by Gasteiger charge is 2.43. The molecule has 2 fully saturated rings. The van der Waals surface area contributed by atoms with Gasteiger partial charge in [-0.1, -0.05) is 5.16 Å². The standard InChI is InChI=1S/C13H20N4O3/c1-8-14-12(20-15-8)11-5-4-9-10(19-11)6-7-17(9)13(18)16(2)3/h9-11H,4-7H2,1-3H3/t9-,10-,11+/m0/s1. The molecule has 2 saturated heterocycles. The lowest BCUT2D eigenvalue weighted by atomic mass is 9.99. The first kappa shape index (κ1) is 13.4. The van der Waals surface area contributed by atoms with Crippen molar-refractivity contribution in [2.24, 2.45) is 0 Å². The van der Waals surface area contributed by atoms with Crippen molar-refractivity contribution in [1.29, 1.82) is 0 Å². The van der Waals surface area contributed by atoms with Gasteiger partial charge in [0.15, 0.2) is 5.82 Å². The van der Waals surface area contributed by atoms with Crippen LogP contribution in [-0.4, -0.2) is 58.8 Å². The molecule has 0 radical (unpaired) electrons. The predicted molar refractivity (Wildman–Crippen MR) is 70.1 cm³/mol. The van der Waals surface area contributed by atoms with Crippen LogP contribution < -0.4 is 0 Å². The largest absolute Gasteiger partial charge is 0.363 e. The smallest absolute Gasteiger partial charge is 0.319 e. The zero-order chi connectivity index (χ0) is 14.3. The molecule has 2 amide bonds. The zero-order valence-corrected chi connectivity index (χ0v) is 12.1. The number of ether oxygens (including phenoxy) is 1. The molecule has 0 aliphatic carbocycles. The number of aryl methyl sites for hydroxylation is 1. The minimum absolute atomic E-state index is 0.0631. The molecule has 0 saturated carbocycles. The first-order valence-electron chi connectivity index (χ1n) is 7.00. The Hall–Kier alpha value is -1.63. The van der Waals surface area contributed by atoms with Gasteiger partial charge in [-0.15, -0.1) is 0 Å². The van der Waals surface area contributed by atoms with Crippen LogP contribution >= 0.6 is 0 Å². The van der Waals surface area contributed by atoms with Crippen molar-refractivity contribution in [3.63, 3.8) is 0 Å². The van der Waals surface area contributed by atoms with E-state index in [2.05, 4.69) is 10.1 Å². The van der Waals surface area contributed by atoms with Crippen molar-refractivity contribution in [2.45, 2.75) is 44.4 Å². The Kier molecular flexibility index (Phi) is 3.37. The van der Waals surface area contributed by atoms with Crippen LogP contribution in [-0.2, 0) is 4.74 Å². The number of carbonyl (C=O) groups is 1. The van der Waals surface area contributed by atoms with Crippen LogP contribution in [0.5, 0.6) is 0 Å². The summed E-state index contributed by atoms with van der Waals surface area (Å²) in [6, 6.07) is 0.235. The Balaban J connectivity index is 1.68. The van der Waals surface area contributed by atoms with Crippen molar-refractivity contribution in [3.8, 4) is 0 Å². The van der Waals surface area contributed by atoms with Gasteiger partial charge in [-0.25, -0.2) is 4.79 Å². The summed E-state index contributed by atoms with van der Waals surface area (Å²) in [5, 5.41) is 3.81. The molecule has 1 aromatic rings. The fourth-order valence-corrected chi connectivity index (χ4v) is 3.05. The molecule has 0 spiro atoms. The molecule has 0 aromatic carbocycles. The summed E-state index contributed by atoms with van der Waals surface area (Å²) in [6.45, 7) is 2.55. The number of likely N-dealkylation sites (tertiary alicyclic amines) is 1. The molecule has 0 unspecified atom stereocenters. The van der Waals surface area contributed by atoms with Crippen LogP contribution in [0.15, 0.2) is 4.52 Å². The highest BCUT2D eigenvalue weighted by atomic mass is 16.5. The molecule has 7 nitrogen and oxygen atoms in total. The van der Waals surface area contributed by atoms with E-state index >= 15 is 0 Å². The Morgan fingerprint density at radius 3 is 2.80 bits per heavy atom. The summed E-state index contributed by atoms with van der Waals surface area (Å²) in [5.41, 5.74) is 0. The molecule has 0 N–H and O–H groups in total. The summed E-state index contributed by atoms with van der Waals surface area (Å²) >= 11 is 0. The normalized spacial score (nSPS) is 29.4. The van der Waals surface area contributed by atoms with E-state index in [9.17, 15) is 4.79 Å². The fourth-order valence-electron chi connectivity index (χ4n) is 3.05. The van der Waals surface area contributed by atoms with E-state index < -0.39 is 0 Å². The van der Waals surface area contributed by atoms with Gasteiger partial charge in [0.2, 0.25) is 0 Å². The van der Waals surface area contributed by atoms with Gasteiger partial charge in [-0.2, -0.15) is 4.98 Å². The van der Waals surface area contributed by atoms with Crippen molar-refractivity contribution in [3.05, 3.63) is 11.7 Å². The number of rotatable bonds is 1. The summed E-state index contributed by atoms with van der Waals surface area (Å²) in [5.74, 6) is 1.18. The summed E-state index contributed by atoms with van der Waals surface area (Å²) < 4.78 is 11.3. The molecule has 2 aliphatic heterocycles. The molecule has 110 valence electrons. The van der Waals surface area contributed by atoms with E-state index in [0.717, 1.165) is 25.8 Å². The van der Waals surface area contributed by atoms with Gasteiger partial charge in [0.1, 0.15) is 6.10 Å². The van der Waals surface area contributed by atoms with Gasteiger partial charge in [0, 0.05) is 20.6 Å². The molecule has 3 rings (SSSR count). The molecule has 3 atom stereocenters. The van der Waals surface area contributed by atoms with Crippen LogP contribution in [0.4, 0.5) is 4.79 Å². The van der Waals surface area contributed by atoms with Crippen LogP contribution in [0.3, 0.4) is 0 Å². The van der Waals surface area contributed by atoms with E-state index in [0.29, 0.717) is 11.7 Å². The van der Waals surface area contributed by atoms with Gasteiger partial charge in [0.05, 0.1) is 12.1 Å². The minimum atomic E-state index is -0.133. The molecule has 1 aromatic heterocycles. The Morgan fingerprint density at radius 1 is 1.35 bits per heavy atom. The number of nitrogens with zero attached hydrogens (tertiary/aromatic N) is 4. The van der Waals surface area contributed by atoms with Gasteiger partial charge in [-0.05, 0) is 26.2 Å². The van der Waals surface area contributed by atoms with E-state index in [1.807, 2.05) is 4.90 Å². The third kappa shape index (κ3) is 2.26. The fraction of sp³-hybridized carbons (Fsp3) is 0.769. The average molecular weight is 280 g/mol. The number of fused-ring (bicyclic) bond motifs is 1. The quantitative estimate of drug-likeness (QED) is 0.776. The highest BCUT2D eigenvalue weighted by molar-refractivity contribution is 5.74. The number of urea groups is 1. The van der Waals surface area contributed by atoms with Gasteiger partial charge < -0.3 is 19.1 Å². The maximum absolute atomic E-state index is 12.1. The first-order chi connectivity index (χ1) is 9.56. The SMILES string of the molecule is Cc1noc([C@H]2CC[C@H]3[C@H](CCN3C(=O)N(C)C)O2)n1. The zero-order valence-electron chi connectivity index (χ0n) is 12.1. The number of amides is 2. The van der Waals surface area contributed by atoms with Crippen LogP contribution in [0.2, 0.25) is 0 Å². The van der Waals surface area contributed by atoms with E-state index in [1.54, 1.807) is 25.9 Å². The molecule has 3 heterocycles. The molecular weight excluding hydrogens is 260 g/mol. The second-order valence-corrected chi connectivity index (χ2v) is 5.65. The lowest BCUT2D eigenvalue weighted by Gasteiger charge is -2.35. The number of aromatic nitrogens is 2. The van der Waals surface area contributed by atoms with Crippen LogP contribution in [0.1, 0.15) is 37.1 Å². The Bertz CT molecular complexity index is 502. The van der Waals surface area contributed by atoms with Gasteiger partial charge in [-0.3, -0.25) is 0 Å². The number of hydrogen-bond donors (Lipinski definition) is 0. The Labute approximate surface area is 117 Å². The maximum Gasteiger partial charge on any atom is 0.319 e. The van der Waals surface area contributed by atoms with Crippen molar-refractivity contribution in [1.82, 2.24) is 19.9 Å². The molecule has 0 bridgehead atoms. The number of carbonyl (C=O) groups excluding carboxylic acids is 1. The van der Waals surface area contributed by atoms with Gasteiger partial charge >= 0.3 is 6.03 Å². The second kappa shape index (κ2) is 5.05. The van der Waals surface area contributed by atoms with E-state index in [4.69, 9.17) is 9.26 Å². The van der Waals surface area contributed by atoms with Crippen LogP contribution in [0, 0.1) is 6.92 Å². The monoisotopic (exact) mass is 280 g/mol. The topological polar surface area (TPSA) is 71.7 Å².